The minimum Gasteiger partial charge on any atom is -0.493 e. The van der Waals surface area contributed by atoms with Crippen LogP contribution in [0.15, 0.2) is 112 Å². The molecule has 0 aliphatic heterocycles. The van der Waals surface area contributed by atoms with Crippen LogP contribution in [0, 0.1) is 0 Å². The fraction of sp³-hybridized carbons (Fsp3) is 0.278. The van der Waals surface area contributed by atoms with Crippen molar-refractivity contribution in [2.75, 3.05) is 25.1 Å². The number of carbonyl (C=O) groups is 2. The summed E-state index contributed by atoms with van der Waals surface area (Å²) in [5, 5.41) is 3.04. The van der Waals surface area contributed by atoms with Gasteiger partial charge in [0.1, 0.15) is 12.6 Å². The Labute approximate surface area is 285 Å². The van der Waals surface area contributed by atoms with Gasteiger partial charge >= 0.3 is 0 Å². The molecule has 11 heteroatoms. The van der Waals surface area contributed by atoms with Crippen LogP contribution >= 0.6 is 15.9 Å². The molecular weight excluding hydrogens is 682 g/mol. The molecule has 0 bridgehead atoms. The molecular formula is C36H40BrN3O6S. The Morgan fingerprint density at radius 2 is 1.40 bits per heavy atom. The standard InChI is InChI=1S/C36H40BrN3O6S/c1-36(2,3)38-35(42)31(22-26-12-8-6-9-13-26)39(24-27-16-18-28(37)19-17-27)34(41)25-40(29-14-10-7-11-15-29)47(43,44)30-20-21-32(45-4)33(23-30)46-5/h6-21,23,31H,22,24-25H2,1-5H3,(H,38,42)/t31-/m1/s1. The molecule has 0 unspecified atom stereocenters. The van der Waals surface area contributed by atoms with E-state index in [2.05, 4.69) is 21.2 Å². The third kappa shape index (κ3) is 9.36. The summed E-state index contributed by atoms with van der Waals surface area (Å²) >= 11 is 3.46. The van der Waals surface area contributed by atoms with Gasteiger partial charge in [0.25, 0.3) is 10.0 Å². The van der Waals surface area contributed by atoms with Gasteiger partial charge in [0.15, 0.2) is 11.5 Å². The Bertz CT molecular complexity index is 1760. The quantitative estimate of drug-likeness (QED) is 0.176. The van der Waals surface area contributed by atoms with Gasteiger partial charge in [-0.05, 0) is 68.3 Å². The predicted molar refractivity (Wildman–Crippen MR) is 187 cm³/mol. The topological polar surface area (TPSA) is 105 Å². The lowest BCUT2D eigenvalue weighted by Gasteiger charge is -2.35. The maximum Gasteiger partial charge on any atom is 0.264 e. The van der Waals surface area contributed by atoms with Crippen LogP contribution < -0.4 is 19.1 Å². The molecule has 1 N–H and O–H groups in total. The molecule has 0 spiro atoms. The highest BCUT2D eigenvalue weighted by atomic mass is 79.9. The third-order valence-corrected chi connectivity index (χ3v) is 9.60. The summed E-state index contributed by atoms with van der Waals surface area (Å²) in [7, 11) is -1.43. The largest absolute Gasteiger partial charge is 0.493 e. The second kappa shape index (κ2) is 15.5. The van der Waals surface area contributed by atoms with Gasteiger partial charge in [-0.2, -0.15) is 0 Å². The number of benzene rings is 4. The Morgan fingerprint density at radius 1 is 0.809 bits per heavy atom. The fourth-order valence-corrected chi connectivity index (χ4v) is 6.72. The number of halogens is 1. The summed E-state index contributed by atoms with van der Waals surface area (Å²) in [6, 6.07) is 28.6. The summed E-state index contributed by atoms with van der Waals surface area (Å²) in [5.41, 5.74) is 1.34. The van der Waals surface area contributed by atoms with Gasteiger partial charge in [0, 0.05) is 29.0 Å². The number of carbonyl (C=O) groups excluding carboxylic acids is 2. The van der Waals surface area contributed by atoms with Crippen LogP contribution in [0.2, 0.25) is 0 Å². The predicted octanol–water partition coefficient (Wildman–Crippen LogP) is 6.22. The van der Waals surface area contributed by atoms with Crippen LogP contribution in [0.25, 0.3) is 0 Å². The van der Waals surface area contributed by atoms with Gasteiger partial charge in [-0.3, -0.25) is 13.9 Å². The molecule has 9 nitrogen and oxygen atoms in total. The number of hydrogen-bond donors (Lipinski definition) is 1. The van der Waals surface area contributed by atoms with E-state index in [0.29, 0.717) is 5.75 Å². The number of sulfonamides is 1. The average molecular weight is 723 g/mol. The molecule has 0 fully saturated rings. The Hall–Kier alpha value is -4.35. The van der Waals surface area contributed by atoms with Crippen molar-refractivity contribution in [3.8, 4) is 11.5 Å². The normalized spacial score (nSPS) is 12.1. The van der Waals surface area contributed by atoms with E-state index in [1.165, 1.54) is 37.3 Å². The summed E-state index contributed by atoms with van der Waals surface area (Å²) < 4.78 is 41.2. The molecule has 4 aromatic carbocycles. The lowest BCUT2D eigenvalue weighted by atomic mass is 10.0. The van der Waals surface area contributed by atoms with Crippen LogP contribution in [0.4, 0.5) is 5.69 Å². The van der Waals surface area contributed by atoms with Crippen LogP contribution in [-0.4, -0.2) is 57.5 Å². The van der Waals surface area contributed by atoms with Crippen molar-refractivity contribution in [2.45, 2.75) is 50.2 Å². The number of nitrogens with one attached hydrogen (secondary N) is 1. The third-order valence-electron chi connectivity index (χ3n) is 7.30. The number of amides is 2. The van der Waals surface area contributed by atoms with E-state index in [4.69, 9.17) is 9.47 Å². The zero-order chi connectivity index (χ0) is 34.2. The number of rotatable bonds is 13. The molecule has 0 saturated heterocycles. The van der Waals surface area contributed by atoms with E-state index in [0.717, 1.165) is 19.9 Å². The van der Waals surface area contributed by atoms with Crippen molar-refractivity contribution in [3.63, 3.8) is 0 Å². The zero-order valence-corrected chi connectivity index (χ0v) is 29.5. The molecule has 0 radical (unpaired) electrons. The first-order valence-corrected chi connectivity index (χ1v) is 17.3. The fourth-order valence-electron chi connectivity index (χ4n) is 5.02. The Kier molecular flexibility index (Phi) is 11.7. The highest BCUT2D eigenvalue weighted by Crippen LogP contribution is 2.32. The van der Waals surface area contributed by atoms with Crippen molar-refractivity contribution in [2.24, 2.45) is 0 Å². The molecule has 47 heavy (non-hydrogen) atoms. The number of ether oxygens (including phenoxy) is 2. The van der Waals surface area contributed by atoms with Gasteiger partial charge in [-0.1, -0.05) is 76.6 Å². The molecule has 248 valence electrons. The van der Waals surface area contributed by atoms with Gasteiger partial charge in [-0.15, -0.1) is 0 Å². The average Bonchev–Trinajstić information content (AvgIpc) is 3.05. The van der Waals surface area contributed by atoms with E-state index < -0.39 is 34.1 Å². The Balaban J connectivity index is 1.82. The lowest BCUT2D eigenvalue weighted by molar-refractivity contribution is -0.140. The lowest BCUT2D eigenvalue weighted by Crippen LogP contribution is -2.56. The molecule has 4 aromatic rings. The number of nitrogens with zero attached hydrogens (tertiary/aromatic N) is 2. The molecule has 0 aliphatic carbocycles. The molecule has 0 heterocycles. The first-order chi connectivity index (χ1) is 22.3. The number of para-hydroxylation sites is 1. The molecule has 2 amide bonds. The molecule has 0 saturated carbocycles. The van der Waals surface area contributed by atoms with E-state index in [1.807, 2.05) is 75.4 Å². The van der Waals surface area contributed by atoms with E-state index in [1.54, 1.807) is 30.3 Å². The van der Waals surface area contributed by atoms with Gasteiger partial charge in [0.2, 0.25) is 11.8 Å². The second-order valence-corrected chi connectivity index (χ2v) is 14.7. The minimum atomic E-state index is -4.31. The van der Waals surface area contributed by atoms with Crippen molar-refractivity contribution in [1.82, 2.24) is 10.2 Å². The smallest absolute Gasteiger partial charge is 0.264 e. The van der Waals surface area contributed by atoms with Crippen molar-refractivity contribution in [3.05, 3.63) is 119 Å². The van der Waals surface area contributed by atoms with Crippen LogP contribution in [0.3, 0.4) is 0 Å². The highest BCUT2D eigenvalue weighted by molar-refractivity contribution is 9.10. The first kappa shape index (κ1) is 35.5. The monoisotopic (exact) mass is 721 g/mol. The van der Waals surface area contributed by atoms with Crippen LogP contribution in [0.5, 0.6) is 11.5 Å². The minimum absolute atomic E-state index is 0.0697. The maximum atomic E-state index is 14.6. The van der Waals surface area contributed by atoms with Gasteiger partial charge in [-0.25, -0.2) is 8.42 Å². The van der Waals surface area contributed by atoms with Crippen molar-refractivity contribution >= 4 is 43.5 Å². The highest BCUT2D eigenvalue weighted by Gasteiger charge is 2.36. The molecule has 0 aromatic heterocycles. The zero-order valence-electron chi connectivity index (χ0n) is 27.1. The molecule has 4 rings (SSSR count). The summed E-state index contributed by atoms with van der Waals surface area (Å²) in [4.78, 5) is 30.0. The van der Waals surface area contributed by atoms with Crippen molar-refractivity contribution < 1.29 is 27.5 Å². The summed E-state index contributed by atoms with van der Waals surface area (Å²) in [6.45, 7) is 5.13. The maximum absolute atomic E-state index is 14.6. The first-order valence-electron chi connectivity index (χ1n) is 15.0. The number of methoxy groups -OCH3 is 2. The van der Waals surface area contributed by atoms with Crippen LogP contribution in [-0.2, 0) is 32.6 Å². The number of anilines is 1. The number of hydrogen-bond acceptors (Lipinski definition) is 6. The molecule has 0 aliphatic rings. The second-order valence-electron chi connectivity index (χ2n) is 12.0. The van der Waals surface area contributed by atoms with Gasteiger partial charge in [0.05, 0.1) is 24.8 Å². The van der Waals surface area contributed by atoms with E-state index >= 15 is 0 Å². The van der Waals surface area contributed by atoms with E-state index in [9.17, 15) is 18.0 Å². The van der Waals surface area contributed by atoms with Crippen molar-refractivity contribution in [1.29, 1.82) is 0 Å². The molecule has 1 atom stereocenters. The van der Waals surface area contributed by atoms with Crippen LogP contribution in [0.1, 0.15) is 31.9 Å². The van der Waals surface area contributed by atoms with Gasteiger partial charge < -0.3 is 19.7 Å². The summed E-state index contributed by atoms with van der Waals surface area (Å²) in [6.07, 6.45) is 0.221. The van der Waals surface area contributed by atoms with E-state index in [-0.39, 0.29) is 35.2 Å². The summed E-state index contributed by atoms with van der Waals surface area (Å²) in [5.74, 6) is -0.304. The Morgan fingerprint density at radius 3 is 1.98 bits per heavy atom. The SMILES string of the molecule is COc1ccc(S(=O)(=O)N(CC(=O)N(Cc2ccc(Br)cc2)[C@H](Cc2ccccc2)C(=O)NC(C)(C)C)c2ccccc2)cc1OC.